The van der Waals surface area contributed by atoms with Crippen molar-refractivity contribution in [2.24, 2.45) is 5.41 Å². The van der Waals surface area contributed by atoms with Crippen LogP contribution in [0.15, 0.2) is 29.1 Å². The van der Waals surface area contributed by atoms with Crippen molar-refractivity contribution in [3.05, 3.63) is 67.0 Å². The molecule has 3 aromatic rings. The number of hydrogen-bond donors (Lipinski definition) is 1. The van der Waals surface area contributed by atoms with Crippen molar-refractivity contribution in [1.82, 2.24) is 9.55 Å². The van der Waals surface area contributed by atoms with E-state index in [0.717, 1.165) is 16.5 Å². The van der Waals surface area contributed by atoms with Gasteiger partial charge in [-0.05, 0) is 29.9 Å². The molecule has 0 aliphatic carbocycles. The van der Waals surface area contributed by atoms with Crippen molar-refractivity contribution in [3.63, 3.8) is 0 Å². The van der Waals surface area contributed by atoms with Crippen LogP contribution in [0.1, 0.15) is 56.4 Å². The molecule has 2 aliphatic rings. The first-order valence-corrected chi connectivity index (χ1v) is 11.2. The van der Waals surface area contributed by atoms with E-state index < -0.39 is 34.3 Å². The number of esters is 1. The van der Waals surface area contributed by atoms with Crippen molar-refractivity contribution in [2.45, 2.75) is 59.3 Å². The van der Waals surface area contributed by atoms with Gasteiger partial charge in [0.15, 0.2) is 5.60 Å². The summed E-state index contributed by atoms with van der Waals surface area (Å²) < 4.78 is 6.42. The molecule has 0 radical (unpaired) electrons. The third-order valence-electron chi connectivity index (χ3n) is 6.69. The number of ether oxygens (including phenoxy) is 1. The number of aliphatic hydroxyl groups is 1. The molecule has 0 amide bonds. The van der Waals surface area contributed by atoms with Gasteiger partial charge in [-0.3, -0.25) is 19.5 Å². The molecule has 0 saturated heterocycles. The minimum atomic E-state index is -2.28. The van der Waals surface area contributed by atoms with Gasteiger partial charge in [-0.15, -0.1) is 0 Å². The van der Waals surface area contributed by atoms with Crippen LogP contribution in [0.25, 0.3) is 22.3 Å². The van der Waals surface area contributed by atoms with Gasteiger partial charge in [-0.25, -0.2) is 9.78 Å². The van der Waals surface area contributed by atoms with Gasteiger partial charge in [0.1, 0.15) is 12.3 Å². The number of fused-ring (bicyclic) bond motifs is 5. The van der Waals surface area contributed by atoms with Gasteiger partial charge in [-0.1, -0.05) is 45.9 Å². The number of nitro groups is 1. The zero-order valence-corrected chi connectivity index (χ0v) is 19.5. The number of para-hydroxylation sites is 1. The maximum Gasteiger partial charge on any atom is 0.343 e. The molecule has 9 nitrogen and oxygen atoms in total. The molecule has 9 heteroatoms. The number of pyridine rings is 2. The van der Waals surface area contributed by atoms with Gasteiger partial charge >= 0.3 is 11.7 Å². The maximum atomic E-state index is 13.6. The Bertz CT molecular complexity index is 1470. The largest absolute Gasteiger partial charge is 0.458 e. The number of rotatable bonds is 3. The molecule has 1 N–H and O–H groups in total. The molecule has 176 valence electrons. The van der Waals surface area contributed by atoms with E-state index in [2.05, 4.69) is 20.8 Å². The molecular weight excluding hydrogens is 438 g/mol. The highest BCUT2D eigenvalue weighted by atomic mass is 16.6. The lowest BCUT2D eigenvalue weighted by Gasteiger charge is -2.31. The fourth-order valence-electron chi connectivity index (χ4n) is 5.17. The van der Waals surface area contributed by atoms with Crippen LogP contribution in [0.3, 0.4) is 0 Å². The van der Waals surface area contributed by atoms with E-state index in [9.17, 15) is 24.8 Å². The number of carbonyl (C=O) groups is 1. The summed E-state index contributed by atoms with van der Waals surface area (Å²) in [6.45, 7) is 7.54. The third-order valence-corrected chi connectivity index (χ3v) is 6.69. The first kappa shape index (κ1) is 22.2. The SMILES string of the molecule is CC[C@@]1(O)C(=O)OCc2c1c([N+](=O)[O-])c1n(c2=O)Cc2c-1nc1ccccc1c2CC(C)(C)C. The van der Waals surface area contributed by atoms with Gasteiger partial charge in [0.2, 0.25) is 0 Å². The lowest BCUT2D eigenvalue weighted by Crippen LogP contribution is -2.45. The minimum absolute atomic E-state index is 0.0336. The Morgan fingerprint density at radius 2 is 1.94 bits per heavy atom. The number of cyclic esters (lactones) is 1. The van der Waals surface area contributed by atoms with Crippen molar-refractivity contribution >= 4 is 22.6 Å². The molecule has 0 bridgehead atoms. The molecular formula is C25H25N3O6. The zero-order chi connectivity index (χ0) is 24.6. The number of benzene rings is 1. The summed E-state index contributed by atoms with van der Waals surface area (Å²) in [4.78, 5) is 42.6. The molecule has 2 aliphatic heterocycles. The van der Waals surface area contributed by atoms with Crippen LogP contribution in [0.4, 0.5) is 5.69 Å². The third kappa shape index (κ3) is 3.00. The molecule has 1 aromatic carbocycles. The molecule has 5 rings (SSSR count). The molecule has 0 spiro atoms. The molecule has 1 atom stereocenters. The van der Waals surface area contributed by atoms with Crippen molar-refractivity contribution < 1.29 is 19.6 Å². The standard InChI is InChI=1S/C25H25N3O6/c1-5-25(31)18-16(12-34-23(25)30)22(29)27-11-15-14(10-24(2,3)4)13-8-6-7-9-17(13)26-19(15)21(27)20(18)28(32)33/h6-9,31H,5,10-12H2,1-4H3/t25-/m0/s1. The molecule has 34 heavy (non-hydrogen) atoms. The Labute approximate surface area is 195 Å². The Balaban J connectivity index is 1.93. The van der Waals surface area contributed by atoms with Gasteiger partial charge in [0.05, 0.1) is 33.8 Å². The molecule has 0 saturated carbocycles. The lowest BCUT2D eigenvalue weighted by molar-refractivity contribution is -0.386. The van der Waals surface area contributed by atoms with Gasteiger partial charge < -0.3 is 9.84 Å². The van der Waals surface area contributed by atoms with Gasteiger partial charge in [0.25, 0.3) is 5.56 Å². The van der Waals surface area contributed by atoms with Crippen LogP contribution in [0.2, 0.25) is 0 Å². The molecule has 0 unspecified atom stereocenters. The van der Waals surface area contributed by atoms with E-state index in [1.54, 1.807) is 0 Å². The average Bonchev–Trinajstić information content (AvgIpc) is 3.15. The first-order valence-electron chi connectivity index (χ1n) is 11.2. The summed E-state index contributed by atoms with van der Waals surface area (Å²) in [6, 6.07) is 7.57. The van der Waals surface area contributed by atoms with Gasteiger partial charge in [0, 0.05) is 10.9 Å². The number of carbonyl (C=O) groups excluding carboxylic acids is 1. The van der Waals surface area contributed by atoms with E-state index in [0.29, 0.717) is 17.6 Å². The summed E-state index contributed by atoms with van der Waals surface area (Å²) in [5.41, 5.74) is -0.888. The van der Waals surface area contributed by atoms with Crippen molar-refractivity contribution in [1.29, 1.82) is 0 Å². The highest BCUT2D eigenvalue weighted by molar-refractivity contribution is 5.92. The highest BCUT2D eigenvalue weighted by Crippen LogP contribution is 2.47. The summed E-state index contributed by atoms with van der Waals surface area (Å²) in [6.07, 6.45) is 0.505. The quantitative estimate of drug-likeness (QED) is 0.280. The van der Waals surface area contributed by atoms with Crippen LogP contribution in [0.5, 0.6) is 0 Å². The van der Waals surface area contributed by atoms with E-state index in [-0.39, 0.29) is 35.2 Å². The molecule has 2 aromatic heterocycles. The summed E-state index contributed by atoms with van der Waals surface area (Å²) in [5.74, 6) is -0.993. The van der Waals surface area contributed by atoms with Crippen molar-refractivity contribution in [2.75, 3.05) is 0 Å². The van der Waals surface area contributed by atoms with Crippen LogP contribution in [-0.4, -0.2) is 25.6 Å². The Morgan fingerprint density at radius 1 is 1.24 bits per heavy atom. The summed E-state index contributed by atoms with van der Waals surface area (Å²) >= 11 is 0. The van der Waals surface area contributed by atoms with E-state index >= 15 is 0 Å². The number of hydrogen-bond acceptors (Lipinski definition) is 7. The molecule has 0 fully saturated rings. The second-order valence-electron chi connectivity index (χ2n) is 10.2. The summed E-state index contributed by atoms with van der Waals surface area (Å²) in [7, 11) is 0. The predicted molar refractivity (Wildman–Crippen MR) is 124 cm³/mol. The fraction of sp³-hybridized carbons (Fsp3) is 0.400. The Kier molecular flexibility index (Phi) is 4.71. The second kappa shape index (κ2) is 7.20. The topological polar surface area (TPSA) is 125 Å². The fourth-order valence-corrected chi connectivity index (χ4v) is 5.17. The van der Waals surface area contributed by atoms with Crippen molar-refractivity contribution in [3.8, 4) is 11.4 Å². The Morgan fingerprint density at radius 3 is 2.59 bits per heavy atom. The van der Waals surface area contributed by atoms with Crippen LogP contribution < -0.4 is 5.56 Å². The van der Waals surface area contributed by atoms with E-state index in [1.807, 2.05) is 24.3 Å². The average molecular weight is 463 g/mol. The van der Waals surface area contributed by atoms with Gasteiger partial charge in [-0.2, -0.15) is 0 Å². The second-order valence-corrected chi connectivity index (χ2v) is 10.2. The smallest absolute Gasteiger partial charge is 0.343 e. The van der Waals surface area contributed by atoms with E-state index in [4.69, 9.17) is 9.72 Å². The van der Waals surface area contributed by atoms with E-state index in [1.165, 1.54) is 11.5 Å². The number of nitrogens with zero attached hydrogens (tertiary/aromatic N) is 3. The maximum absolute atomic E-state index is 13.6. The minimum Gasteiger partial charge on any atom is -0.458 e. The Hall–Kier alpha value is -3.59. The lowest BCUT2D eigenvalue weighted by atomic mass is 9.83. The highest BCUT2D eigenvalue weighted by Gasteiger charge is 2.52. The number of aromatic nitrogens is 2. The monoisotopic (exact) mass is 463 g/mol. The zero-order valence-electron chi connectivity index (χ0n) is 19.5. The first-order chi connectivity index (χ1) is 16.0. The predicted octanol–water partition coefficient (Wildman–Crippen LogP) is 3.58. The van der Waals surface area contributed by atoms with Crippen LogP contribution in [-0.2, 0) is 34.7 Å². The molecule has 4 heterocycles. The van der Waals surface area contributed by atoms with Crippen LogP contribution >= 0.6 is 0 Å². The normalized spacial score (nSPS) is 18.9. The summed E-state index contributed by atoms with van der Waals surface area (Å²) in [5, 5.41) is 24.5. The van der Waals surface area contributed by atoms with Crippen LogP contribution in [0, 0.1) is 15.5 Å².